The van der Waals surface area contributed by atoms with Gasteiger partial charge in [0.1, 0.15) is 29.8 Å². The number of carbonyl (C=O) groups is 1. The number of hydrogen-bond donors (Lipinski definition) is 2. The van der Waals surface area contributed by atoms with E-state index in [2.05, 4.69) is 25.0 Å². The van der Waals surface area contributed by atoms with Crippen LogP contribution in [0.25, 0.3) is 0 Å². The molecule has 1 saturated heterocycles. The largest absolute Gasteiger partial charge is 0.462 e. The highest BCUT2D eigenvalue weighted by molar-refractivity contribution is 6.02. The molecule has 2 aliphatic rings. The number of nitrogens with zero attached hydrogens (tertiary/aromatic N) is 3. The Morgan fingerprint density at radius 1 is 1.32 bits per heavy atom. The fourth-order valence-electron chi connectivity index (χ4n) is 4.55. The number of ether oxygens (including phenoxy) is 3. The quantitative estimate of drug-likeness (QED) is 0.626. The van der Waals surface area contributed by atoms with E-state index in [1.54, 1.807) is 0 Å². The first-order valence-electron chi connectivity index (χ1n) is 10.7. The third-order valence-electron chi connectivity index (χ3n) is 6.03. The molecule has 0 spiro atoms. The standard InChI is InChI=1S/C22H24F3N5O4/c1-2-16-19-17(5-6-32-16)34-21(26)30-22(19,10-23)13-7-12(3-4-14(13)25)29-20(31)15-8-28-18(9-27-15)33-11-24/h3-4,7-9,16-17,19H,2,5-6,10-11H2,1H3,(H2,26,30)(H,29,31)/t16-,17+,19-,22+/m0/s1. The molecule has 9 nitrogen and oxygen atoms in total. The zero-order valence-corrected chi connectivity index (χ0v) is 18.3. The van der Waals surface area contributed by atoms with Crippen molar-refractivity contribution in [3.63, 3.8) is 0 Å². The molecule has 3 N–H and O–H groups in total. The van der Waals surface area contributed by atoms with Crippen molar-refractivity contribution >= 4 is 17.6 Å². The minimum Gasteiger partial charge on any atom is -0.462 e. The number of aliphatic imine (C=N–C) groups is 1. The molecule has 12 heteroatoms. The molecular formula is C22H24F3N5O4. The van der Waals surface area contributed by atoms with Crippen LogP contribution in [0.4, 0.5) is 18.9 Å². The summed E-state index contributed by atoms with van der Waals surface area (Å²) in [6.45, 7) is 0.159. The molecule has 1 amide bonds. The monoisotopic (exact) mass is 479 g/mol. The zero-order valence-electron chi connectivity index (χ0n) is 18.3. The van der Waals surface area contributed by atoms with Crippen LogP contribution >= 0.6 is 0 Å². The molecule has 3 heterocycles. The lowest BCUT2D eigenvalue weighted by atomic mass is 9.70. The Bertz CT molecular complexity index is 1070. The number of benzene rings is 1. The molecule has 0 saturated carbocycles. The van der Waals surface area contributed by atoms with Crippen LogP contribution in [0, 0.1) is 11.7 Å². The van der Waals surface area contributed by atoms with Crippen molar-refractivity contribution in [1.29, 1.82) is 0 Å². The Morgan fingerprint density at radius 2 is 2.15 bits per heavy atom. The van der Waals surface area contributed by atoms with E-state index in [1.807, 2.05) is 6.92 Å². The Labute approximate surface area is 193 Å². The molecule has 2 aromatic rings. The summed E-state index contributed by atoms with van der Waals surface area (Å²) in [6.07, 6.45) is 2.27. The number of hydrogen-bond acceptors (Lipinski definition) is 8. The number of carbonyl (C=O) groups excluding carboxylic acids is 1. The van der Waals surface area contributed by atoms with Gasteiger partial charge < -0.3 is 25.3 Å². The maximum absolute atomic E-state index is 15.1. The van der Waals surface area contributed by atoms with Crippen molar-refractivity contribution in [2.45, 2.75) is 37.5 Å². The number of halogens is 3. The summed E-state index contributed by atoms with van der Waals surface area (Å²) in [5.74, 6) is -2.08. The summed E-state index contributed by atoms with van der Waals surface area (Å²) in [6, 6.07) is 3.54. The van der Waals surface area contributed by atoms with Gasteiger partial charge in [0, 0.05) is 17.7 Å². The molecule has 34 heavy (non-hydrogen) atoms. The average Bonchev–Trinajstić information content (AvgIpc) is 2.84. The maximum Gasteiger partial charge on any atom is 0.283 e. The molecule has 4 atom stereocenters. The van der Waals surface area contributed by atoms with Crippen molar-refractivity contribution in [1.82, 2.24) is 9.97 Å². The van der Waals surface area contributed by atoms with Gasteiger partial charge in [-0.25, -0.2) is 28.1 Å². The number of amidine groups is 1. The second kappa shape index (κ2) is 9.84. The first-order valence-corrected chi connectivity index (χ1v) is 10.7. The molecule has 2 aliphatic heterocycles. The molecule has 1 aromatic heterocycles. The van der Waals surface area contributed by atoms with Gasteiger partial charge in [-0.2, -0.15) is 0 Å². The lowest BCUT2D eigenvalue weighted by molar-refractivity contribution is -0.129. The first kappa shape index (κ1) is 23.7. The Balaban J connectivity index is 1.68. The van der Waals surface area contributed by atoms with Crippen LogP contribution in [-0.2, 0) is 15.0 Å². The van der Waals surface area contributed by atoms with Crippen molar-refractivity contribution in [3.05, 3.63) is 47.7 Å². The van der Waals surface area contributed by atoms with E-state index >= 15 is 4.39 Å². The molecule has 0 radical (unpaired) electrons. The normalized spacial score (nSPS) is 26.1. The maximum atomic E-state index is 15.1. The number of rotatable bonds is 7. The predicted octanol–water partition coefficient (Wildman–Crippen LogP) is 2.87. The third kappa shape index (κ3) is 4.37. The summed E-state index contributed by atoms with van der Waals surface area (Å²) in [5, 5.41) is 2.58. The number of nitrogens with two attached hydrogens (primary N) is 1. The molecule has 182 valence electrons. The predicted molar refractivity (Wildman–Crippen MR) is 115 cm³/mol. The minimum absolute atomic E-state index is 0.0734. The summed E-state index contributed by atoms with van der Waals surface area (Å²) in [5.41, 5.74) is 4.21. The van der Waals surface area contributed by atoms with Crippen LogP contribution in [0.15, 0.2) is 35.6 Å². The number of nitrogens with one attached hydrogen (secondary N) is 1. The fraction of sp³-hybridized carbons (Fsp3) is 0.455. The third-order valence-corrected chi connectivity index (χ3v) is 6.03. The highest BCUT2D eigenvalue weighted by atomic mass is 19.1. The SMILES string of the molecule is CC[C@@H]1OCC[C@H]2OC(N)=N[C@](CF)(c3cc(NC(=O)c4cnc(OCF)cn4)ccc3F)[C@@H]12. The van der Waals surface area contributed by atoms with Gasteiger partial charge in [-0.05, 0) is 24.6 Å². The summed E-state index contributed by atoms with van der Waals surface area (Å²) in [7, 11) is 0. The van der Waals surface area contributed by atoms with Gasteiger partial charge in [0.25, 0.3) is 11.9 Å². The lowest BCUT2D eigenvalue weighted by Crippen LogP contribution is -2.58. The van der Waals surface area contributed by atoms with E-state index in [4.69, 9.17) is 15.2 Å². The van der Waals surface area contributed by atoms with Crippen LogP contribution < -0.4 is 15.8 Å². The smallest absolute Gasteiger partial charge is 0.283 e. The summed E-state index contributed by atoms with van der Waals surface area (Å²) >= 11 is 0. The van der Waals surface area contributed by atoms with Gasteiger partial charge in [-0.15, -0.1) is 0 Å². The zero-order chi connectivity index (χ0) is 24.3. The highest BCUT2D eigenvalue weighted by Gasteiger charge is 2.55. The van der Waals surface area contributed by atoms with Gasteiger partial charge in [0.05, 0.1) is 31.0 Å². The fourth-order valence-corrected chi connectivity index (χ4v) is 4.55. The van der Waals surface area contributed by atoms with Crippen LogP contribution in [0.2, 0.25) is 0 Å². The van der Waals surface area contributed by atoms with E-state index in [1.165, 1.54) is 12.1 Å². The number of fused-ring (bicyclic) bond motifs is 1. The van der Waals surface area contributed by atoms with Crippen molar-refractivity contribution in [2.75, 3.05) is 25.5 Å². The molecule has 4 rings (SSSR count). The van der Waals surface area contributed by atoms with Crippen LogP contribution in [0.1, 0.15) is 35.8 Å². The topological polar surface area (TPSA) is 121 Å². The van der Waals surface area contributed by atoms with Crippen molar-refractivity contribution in [2.24, 2.45) is 16.6 Å². The first-order chi connectivity index (χ1) is 16.4. The van der Waals surface area contributed by atoms with E-state index in [0.29, 0.717) is 19.4 Å². The summed E-state index contributed by atoms with van der Waals surface area (Å²) in [4.78, 5) is 24.5. The van der Waals surface area contributed by atoms with Crippen molar-refractivity contribution in [3.8, 4) is 5.88 Å². The van der Waals surface area contributed by atoms with E-state index in [0.717, 1.165) is 18.5 Å². The Morgan fingerprint density at radius 3 is 2.82 bits per heavy atom. The Kier molecular flexibility index (Phi) is 6.87. The number of alkyl halides is 2. The number of anilines is 1. The Hall–Kier alpha value is -3.41. The van der Waals surface area contributed by atoms with E-state index < -0.39 is 48.9 Å². The van der Waals surface area contributed by atoms with Gasteiger partial charge >= 0.3 is 0 Å². The second-order valence-corrected chi connectivity index (χ2v) is 7.94. The highest BCUT2D eigenvalue weighted by Crippen LogP contribution is 2.47. The van der Waals surface area contributed by atoms with E-state index in [-0.39, 0.29) is 28.8 Å². The average molecular weight is 479 g/mol. The number of aromatic nitrogens is 2. The van der Waals surface area contributed by atoms with Gasteiger partial charge in [-0.3, -0.25) is 4.79 Å². The van der Waals surface area contributed by atoms with Crippen LogP contribution in [-0.4, -0.2) is 54.2 Å². The molecule has 1 aromatic carbocycles. The van der Waals surface area contributed by atoms with Crippen LogP contribution in [0.5, 0.6) is 5.88 Å². The second-order valence-electron chi connectivity index (χ2n) is 7.94. The molecule has 0 aliphatic carbocycles. The van der Waals surface area contributed by atoms with E-state index in [9.17, 15) is 13.6 Å². The molecule has 0 bridgehead atoms. The van der Waals surface area contributed by atoms with Gasteiger partial charge in [0.2, 0.25) is 12.7 Å². The van der Waals surface area contributed by atoms with Crippen molar-refractivity contribution < 1.29 is 32.2 Å². The minimum atomic E-state index is -1.69. The lowest BCUT2D eigenvalue weighted by Gasteiger charge is -2.49. The summed E-state index contributed by atoms with van der Waals surface area (Å²) < 4.78 is 58.2. The van der Waals surface area contributed by atoms with Gasteiger partial charge in [0.15, 0.2) is 0 Å². The van der Waals surface area contributed by atoms with Crippen LogP contribution in [0.3, 0.4) is 0 Å². The molecular weight excluding hydrogens is 455 g/mol. The molecule has 0 unspecified atom stereocenters. The van der Waals surface area contributed by atoms with Gasteiger partial charge in [-0.1, -0.05) is 6.92 Å². The molecule has 1 fully saturated rings. The number of amides is 1.